The molecule has 0 heterocycles. The number of unbranched alkanes of at least 4 members (excludes halogenated alkanes) is 8. The lowest BCUT2D eigenvalue weighted by Gasteiger charge is -2.09. The topological polar surface area (TPSA) is 40.5 Å². The van der Waals surface area contributed by atoms with Crippen LogP contribution in [0, 0.1) is 0 Å². The molecule has 0 aliphatic heterocycles. The van der Waals surface area contributed by atoms with Gasteiger partial charge in [0, 0.05) is 23.9 Å². The molecule has 0 atom stereocenters. The molecule has 0 radical (unpaired) electrons. The van der Waals surface area contributed by atoms with E-state index in [2.05, 4.69) is 80.4 Å². The third-order valence-corrected chi connectivity index (χ3v) is 7.73. The van der Waals surface area contributed by atoms with Gasteiger partial charge in [-0.2, -0.15) is 0 Å². The zero-order valence-electron chi connectivity index (χ0n) is 22.4. The zero-order chi connectivity index (χ0) is 26.1. The second-order valence-electron chi connectivity index (χ2n) is 9.61. The smallest absolute Gasteiger partial charge is 0.0431 e. The molecule has 0 aliphatic rings. The number of alkyl halides is 2. The maximum Gasteiger partial charge on any atom is 0.0431 e. The first kappa shape index (κ1) is 33.3. The Morgan fingerprint density at radius 2 is 0.667 bits per heavy atom. The third-order valence-electron chi connectivity index (χ3n) is 6.60. The molecule has 2 N–H and O–H groups in total. The van der Waals surface area contributed by atoms with Crippen molar-refractivity contribution in [3.8, 4) is 0 Å². The summed E-state index contributed by atoms with van der Waals surface area (Å²) in [5.41, 5.74) is 6.07. The van der Waals surface area contributed by atoms with Crippen LogP contribution in [0.15, 0.2) is 48.5 Å². The minimum absolute atomic E-state index is 0.308. The number of hydrogen-bond acceptors (Lipinski definition) is 2. The highest BCUT2D eigenvalue weighted by Crippen LogP contribution is 2.17. The predicted molar refractivity (Wildman–Crippen MR) is 165 cm³/mol. The summed E-state index contributed by atoms with van der Waals surface area (Å²) in [6.07, 6.45) is 19.0. The highest BCUT2D eigenvalue weighted by molar-refractivity contribution is 9.09. The fraction of sp³-hybridized carbons (Fsp3) is 0.625. The summed E-state index contributed by atoms with van der Waals surface area (Å²) in [7, 11) is 0. The Morgan fingerprint density at radius 1 is 0.389 bits per heavy atom. The van der Waals surface area contributed by atoms with E-state index in [9.17, 15) is 0 Å². The predicted octanol–water partition coefficient (Wildman–Crippen LogP) is 9.00. The number of benzene rings is 2. The molecule has 0 fully saturated rings. The van der Waals surface area contributed by atoms with E-state index in [-0.39, 0.29) is 0 Å². The maximum absolute atomic E-state index is 8.76. The second-order valence-corrected chi connectivity index (χ2v) is 11.2. The standard InChI is InChI=1S/C16H24Br2.C16H26O2/c2*17-13-7-1-3-9-15-11-5-6-12-16(15)10-4-2-8-14-18/h5-6,11-12H,1-4,7-10,13-14H2;5-6,11-12,17-18H,1-4,7-10,13-14H2. The summed E-state index contributed by atoms with van der Waals surface area (Å²) in [4.78, 5) is 0. The van der Waals surface area contributed by atoms with E-state index in [0.717, 1.165) is 62.0 Å². The number of rotatable bonds is 20. The van der Waals surface area contributed by atoms with E-state index in [1.807, 2.05) is 0 Å². The monoisotopic (exact) mass is 624 g/mol. The quantitative estimate of drug-likeness (QED) is 0.114. The maximum atomic E-state index is 8.76. The summed E-state index contributed by atoms with van der Waals surface area (Å²) in [5, 5.41) is 19.8. The van der Waals surface area contributed by atoms with Crippen molar-refractivity contribution in [2.45, 2.75) is 103 Å². The zero-order valence-corrected chi connectivity index (χ0v) is 25.6. The molecule has 36 heavy (non-hydrogen) atoms. The first-order valence-corrected chi connectivity index (χ1v) is 16.5. The van der Waals surface area contributed by atoms with Crippen molar-refractivity contribution in [3.63, 3.8) is 0 Å². The summed E-state index contributed by atoms with van der Waals surface area (Å²) in [6, 6.07) is 17.7. The summed E-state index contributed by atoms with van der Waals surface area (Å²) >= 11 is 6.99. The first-order valence-electron chi connectivity index (χ1n) is 14.2. The largest absolute Gasteiger partial charge is 0.396 e. The average molecular weight is 627 g/mol. The number of hydrogen-bond donors (Lipinski definition) is 2. The minimum atomic E-state index is 0.308. The molecule has 204 valence electrons. The summed E-state index contributed by atoms with van der Waals surface area (Å²) in [6.45, 7) is 0.617. The van der Waals surface area contributed by atoms with Gasteiger partial charge >= 0.3 is 0 Å². The van der Waals surface area contributed by atoms with Gasteiger partial charge in [-0.25, -0.2) is 0 Å². The highest BCUT2D eigenvalue weighted by atomic mass is 79.9. The SMILES string of the molecule is BrCCCCCc1ccccc1CCCCCBr.OCCCCCc1ccccc1CCCCCO. The Bertz CT molecular complexity index is 625. The van der Waals surface area contributed by atoms with Crippen LogP contribution in [0.4, 0.5) is 0 Å². The summed E-state index contributed by atoms with van der Waals surface area (Å²) < 4.78 is 0. The van der Waals surface area contributed by atoms with Gasteiger partial charge in [-0.15, -0.1) is 0 Å². The van der Waals surface area contributed by atoms with Crippen LogP contribution in [0.5, 0.6) is 0 Å². The number of aliphatic hydroxyl groups excluding tert-OH is 2. The molecular weight excluding hydrogens is 576 g/mol. The van der Waals surface area contributed by atoms with Gasteiger partial charge in [-0.05, 0) is 99.3 Å². The Labute approximate surface area is 238 Å². The number of aryl methyl sites for hydroxylation is 4. The van der Waals surface area contributed by atoms with Gasteiger partial charge in [0.15, 0.2) is 0 Å². The number of aliphatic hydroxyl groups is 2. The van der Waals surface area contributed by atoms with Crippen molar-refractivity contribution in [2.24, 2.45) is 0 Å². The van der Waals surface area contributed by atoms with Crippen LogP contribution in [0.25, 0.3) is 0 Å². The first-order chi connectivity index (χ1) is 17.8. The van der Waals surface area contributed by atoms with Gasteiger partial charge in [-0.1, -0.05) is 106 Å². The molecule has 0 amide bonds. The third kappa shape index (κ3) is 16.9. The van der Waals surface area contributed by atoms with Crippen molar-refractivity contribution in [2.75, 3.05) is 23.9 Å². The molecule has 2 rings (SSSR count). The van der Waals surface area contributed by atoms with Gasteiger partial charge in [0.05, 0.1) is 0 Å². The molecule has 0 spiro atoms. The van der Waals surface area contributed by atoms with Gasteiger partial charge in [-0.3, -0.25) is 0 Å². The van der Waals surface area contributed by atoms with Crippen LogP contribution in [0.1, 0.15) is 99.3 Å². The van der Waals surface area contributed by atoms with Crippen LogP contribution >= 0.6 is 31.9 Å². The molecule has 2 aromatic carbocycles. The Morgan fingerprint density at radius 3 is 0.917 bits per heavy atom. The fourth-order valence-corrected chi connectivity index (χ4v) is 5.27. The molecule has 0 aliphatic carbocycles. The van der Waals surface area contributed by atoms with E-state index in [1.54, 1.807) is 11.1 Å². The molecule has 0 saturated carbocycles. The van der Waals surface area contributed by atoms with E-state index in [4.69, 9.17) is 10.2 Å². The van der Waals surface area contributed by atoms with Gasteiger partial charge < -0.3 is 10.2 Å². The lowest BCUT2D eigenvalue weighted by molar-refractivity contribution is 0.282. The van der Waals surface area contributed by atoms with E-state index < -0.39 is 0 Å². The molecule has 0 saturated heterocycles. The molecule has 0 aromatic heterocycles. The van der Waals surface area contributed by atoms with Gasteiger partial charge in [0.2, 0.25) is 0 Å². The van der Waals surface area contributed by atoms with Crippen molar-refractivity contribution >= 4 is 31.9 Å². The molecular formula is C32H50Br2O2. The van der Waals surface area contributed by atoms with Crippen LogP contribution in [0.3, 0.4) is 0 Å². The van der Waals surface area contributed by atoms with Crippen molar-refractivity contribution in [3.05, 3.63) is 70.8 Å². The molecule has 2 nitrogen and oxygen atoms in total. The Kier molecular flexibility index (Phi) is 22.8. The van der Waals surface area contributed by atoms with E-state index >= 15 is 0 Å². The molecule has 0 bridgehead atoms. The second kappa shape index (κ2) is 24.6. The Balaban J connectivity index is 0.000000360. The normalized spacial score (nSPS) is 10.8. The van der Waals surface area contributed by atoms with Crippen LogP contribution < -0.4 is 0 Å². The van der Waals surface area contributed by atoms with Crippen LogP contribution in [-0.2, 0) is 25.7 Å². The van der Waals surface area contributed by atoms with E-state index in [0.29, 0.717) is 13.2 Å². The van der Waals surface area contributed by atoms with Crippen molar-refractivity contribution < 1.29 is 10.2 Å². The average Bonchev–Trinajstić information content (AvgIpc) is 2.91. The van der Waals surface area contributed by atoms with E-state index in [1.165, 1.54) is 62.5 Å². The molecule has 0 unspecified atom stereocenters. The minimum Gasteiger partial charge on any atom is -0.396 e. The molecule has 4 heteroatoms. The summed E-state index contributed by atoms with van der Waals surface area (Å²) in [5.74, 6) is 0. The van der Waals surface area contributed by atoms with Crippen LogP contribution in [-0.4, -0.2) is 34.1 Å². The van der Waals surface area contributed by atoms with Crippen molar-refractivity contribution in [1.82, 2.24) is 0 Å². The van der Waals surface area contributed by atoms with Crippen molar-refractivity contribution in [1.29, 1.82) is 0 Å². The van der Waals surface area contributed by atoms with Gasteiger partial charge in [0.25, 0.3) is 0 Å². The van der Waals surface area contributed by atoms with Crippen LogP contribution in [0.2, 0.25) is 0 Å². The number of halogens is 2. The fourth-order valence-electron chi connectivity index (χ4n) is 4.47. The molecule has 2 aromatic rings. The Hall–Kier alpha value is -0.680. The lowest BCUT2D eigenvalue weighted by Crippen LogP contribution is -1.96. The highest BCUT2D eigenvalue weighted by Gasteiger charge is 2.03. The lowest BCUT2D eigenvalue weighted by atomic mass is 9.97. The van der Waals surface area contributed by atoms with Gasteiger partial charge in [0.1, 0.15) is 0 Å².